The van der Waals surface area contributed by atoms with E-state index in [2.05, 4.69) is 43.2 Å². The Morgan fingerprint density at radius 1 is 0.632 bits per heavy atom. The molecule has 0 unspecified atom stereocenters. The second-order valence-electron chi connectivity index (χ2n) is 9.21. The van der Waals surface area contributed by atoms with Crippen molar-refractivity contribution in [3.63, 3.8) is 0 Å². The van der Waals surface area contributed by atoms with Crippen molar-refractivity contribution < 1.29 is 29.7 Å². The number of nitro benzene ring substituents is 3. The molecule has 1 aromatic heterocycles. The molecule has 0 spiro atoms. The van der Waals surface area contributed by atoms with Gasteiger partial charge in [-0.3, -0.25) is 30.3 Å². The highest BCUT2D eigenvalue weighted by atomic mass is 35.5. The maximum absolute atomic E-state index is 10.0. The van der Waals surface area contributed by atoms with Crippen LogP contribution in [0.2, 0.25) is 0 Å². The van der Waals surface area contributed by atoms with Crippen LogP contribution in [0.5, 0.6) is 0 Å². The van der Waals surface area contributed by atoms with E-state index < -0.39 is 14.8 Å². The molecule has 1 heterocycles. The van der Waals surface area contributed by atoms with Crippen molar-refractivity contribution in [1.82, 2.24) is 5.16 Å². The average Bonchev–Trinajstić information content (AvgIpc) is 3.78. The highest BCUT2D eigenvalue weighted by Crippen LogP contribution is 2.19. The van der Waals surface area contributed by atoms with Gasteiger partial charge < -0.3 is 14.9 Å². The Labute approximate surface area is 345 Å². The molecule has 0 saturated carbocycles. The summed E-state index contributed by atoms with van der Waals surface area (Å²) in [6.07, 6.45) is 1.31. The summed E-state index contributed by atoms with van der Waals surface area (Å²) in [5, 5.41) is 54.4. The van der Waals surface area contributed by atoms with Gasteiger partial charge in [0, 0.05) is 54.6 Å². The molecule has 0 aliphatic heterocycles. The number of hydrogen-bond acceptors (Lipinski definition) is 12. The third-order valence-electron chi connectivity index (χ3n) is 4.86. The van der Waals surface area contributed by atoms with Crippen LogP contribution in [0.4, 0.5) is 17.1 Å². The van der Waals surface area contributed by atoms with Crippen LogP contribution in [-0.2, 0) is 0 Å². The molecule has 57 heavy (non-hydrogen) atoms. The van der Waals surface area contributed by atoms with E-state index in [0.29, 0.717) is 11.8 Å². The highest BCUT2D eigenvalue weighted by Gasteiger charge is 2.09. The fraction of sp³-hybridized carbons (Fsp3) is 0.439. The number of rotatable bonds is 5. The second kappa shape index (κ2) is 52.4. The van der Waals surface area contributed by atoms with Crippen LogP contribution in [0.25, 0.3) is 0 Å². The summed E-state index contributed by atoms with van der Waals surface area (Å²) in [6, 6.07) is 25.8. The quantitative estimate of drug-likeness (QED) is 0.0838. The van der Waals surface area contributed by atoms with Gasteiger partial charge in [-0.05, 0) is 19.8 Å². The minimum absolute atomic E-state index is 0.137. The number of para-hydroxylation sites is 3. The Morgan fingerprint density at radius 3 is 0.982 bits per heavy atom. The third-order valence-corrected chi connectivity index (χ3v) is 4.94. The Morgan fingerprint density at radius 2 is 0.877 bits per heavy atom. The first-order chi connectivity index (χ1) is 27.2. The molecule has 16 heteroatoms. The zero-order valence-corrected chi connectivity index (χ0v) is 37.5. The van der Waals surface area contributed by atoms with E-state index in [0.717, 1.165) is 11.5 Å². The fourth-order valence-electron chi connectivity index (χ4n) is 2.50. The summed E-state index contributed by atoms with van der Waals surface area (Å²) in [6.45, 7) is 31.6. The molecular weight excluding hydrogens is 756 g/mol. The van der Waals surface area contributed by atoms with Gasteiger partial charge in [0.15, 0.2) is 0 Å². The number of hydrogen-bond donors (Lipinski definition) is 2. The molecule has 324 valence electrons. The topological polar surface area (TPSA) is 221 Å². The molecule has 0 atom stereocenters. The summed E-state index contributed by atoms with van der Waals surface area (Å²) >= 11 is 4.96. The molecule has 0 amide bonds. The summed E-state index contributed by atoms with van der Waals surface area (Å²) < 4.78 is 5.14. The van der Waals surface area contributed by atoms with Gasteiger partial charge in [-0.2, -0.15) is 0 Å². The zero-order valence-electron chi connectivity index (χ0n) is 36.8. The van der Waals surface area contributed by atoms with Gasteiger partial charge in [-0.25, -0.2) is 0 Å². The second-order valence-corrected chi connectivity index (χ2v) is 9.76. The first-order valence-corrected chi connectivity index (χ1v) is 19.1. The van der Waals surface area contributed by atoms with Crippen molar-refractivity contribution in [2.45, 2.75) is 123 Å². The molecule has 0 fully saturated rings. The predicted octanol–water partition coefficient (Wildman–Crippen LogP) is 14.3. The van der Waals surface area contributed by atoms with Crippen LogP contribution in [0.1, 0.15) is 134 Å². The Kier molecular flexibility index (Phi) is 60.8. The molecule has 0 saturated heterocycles. The summed E-state index contributed by atoms with van der Waals surface area (Å²) in [5.41, 5.74) is 1.46. The standard InChI is InChI=1S/C9H15NO.3C6H5NO2.C2H4ClNO.C2H5NO.5C2H6/c1-6(2)8-5-9(7(3)4)11-10-8;3*8-7(9)6-4-2-1-3-5-6;1-2(3)4-5;1-2-3-4;5*1-2/h5-7H,1-4H3;3*1-5H;5H,1H3;2,4H,1H3;5*1-2H3. The van der Waals surface area contributed by atoms with Crippen LogP contribution in [0.15, 0.2) is 112 Å². The summed E-state index contributed by atoms with van der Waals surface area (Å²) in [7, 11) is 0. The van der Waals surface area contributed by atoms with Crippen molar-refractivity contribution in [3.05, 3.63) is 139 Å². The van der Waals surface area contributed by atoms with Crippen LogP contribution in [-0.4, -0.2) is 41.7 Å². The first kappa shape index (κ1) is 66.1. The number of benzene rings is 3. The van der Waals surface area contributed by atoms with Crippen molar-refractivity contribution >= 4 is 40.0 Å². The third kappa shape index (κ3) is 46.4. The minimum Gasteiger partial charge on any atom is -0.411 e. The monoisotopic (exact) mass is 824 g/mol. The maximum Gasteiger partial charge on any atom is 0.269 e. The highest BCUT2D eigenvalue weighted by molar-refractivity contribution is 6.64. The molecule has 15 nitrogen and oxygen atoms in total. The Bertz CT molecular complexity index is 1330. The maximum atomic E-state index is 10.0. The smallest absolute Gasteiger partial charge is 0.269 e. The molecule has 4 rings (SSSR count). The van der Waals surface area contributed by atoms with E-state index in [1.54, 1.807) is 61.5 Å². The molecule has 0 aliphatic rings. The number of nitrogens with zero attached hydrogens (tertiary/aromatic N) is 6. The van der Waals surface area contributed by atoms with E-state index >= 15 is 0 Å². The zero-order chi connectivity index (χ0) is 46.2. The minimum atomic E-state index is -0.417. The van der Waals surface area contributed by atoms with Gasteiger partial charge in [-0.15, -0.1) is 5.16 Å². The largest absolute Gasteiger partial charge is 0.411 e. The number of halogens is 1. The molecular formula is C41H69ClN6O9. The van der Waals surface area contributed by atoms with Crippen molar-refractivity contribution in [3.8, 4) is 0 Å². The molecule has 0 aliphatic carbocycles. The van der Waals surface area contributed by atoms with Crippen molar-refractivity contribution in [1.29, 1.82) is 0 Å². The molecule has 4 aromatic rings. The molecule has 0 bridgehead atoms. The van der Waals surface area contributed by atoms with Crippen molar-refractivity contribution in [2.75, 3.05) is 0 Å². The number of nitro groups is 3. The van der Waals surface area contributed by atoms with Crippen LogP contribution >= 0.6 is 11.6 Å². The van der Waals surface area contributed by atoms with E-state index in [1.165, 1.54) is 49.5 Å². The van der Waals surface area contributed by atoms with E-state index in [1.807, 2.05) is 75.3 Å². The van der Waals surface area contributed by atoms with Gasteiger partial charge in [0.2, 0.25) is 0 Å². The van der Waals surface area contributed by atoms with Crippen LogP contribution in [0.3, 0.4) is 0 Å². The number of non-ortho nitro benzene ring substituents is 3. The summed E-state index contributed by atoms with van der Waals surface area (Å²) in [4.78, 5) is 28.8. The van der Waals surface area contributed by atoms with E-state index in [4.69, 9.17) is 26.5 Å². The van der Waals surface area contributed by atoms with E-state index in [9.17, 15) is 30.3 Å². The van der Waals surface area contributed by atoms with Gasteiger partial charge >= 0.3 is 0 Å². The number of oxime groups is 2. The Hall–Kier alpha value is -5.70. The predicted molar refractivity (Wildman–Crippen MR) is 237 cm³/mol. The van der Waals surface area contributed by atoms with Gasteiger partial charge in [-0.1, -0.05) is 173 Å². The lowest BCUT2D eigenvalue weighted by Crippen LogP contribution is -1.85. The average molecular weight is 825 g/mol. The van der Waals surface area contributed by atoms with Gasteiger partial charge in [0.05, 0.1) is 20.5 Å². The number of aromatic nitrogens is 1. The fourth-order valence-corrected chi connectivity index (χ4v) is 2.50. The normalized spacial score (nSPS) is 8.65. The first-order valence-electron chi connectivity index (χ1n) is 18.7. The Balaban J connectivity index is -0.000000103. The molecule has 2 N–H and O–H groups in total. The van der Waals surface area contributed by atoms with Gasteiger partial charge in [0.1, 0.15) is 10.9 Å². The SMILES string of the molecule is CC.CC.CC.CC.CC.CC(C)c1cc(C(C)C)on1.CC(Cl)=NO.CC=NO.O=[N+]([O-])c1ccccc1.O=[N+]([O-])c1ccccc1.O=[N+]([O-])c1ccccc1. The molecule has 0 radical (unpaired) electrons. The van der Waals surface area contributed by atoms with Crippen LogP contribution in [0, 0.1) is 30.3 Å². The lowest BCUT2D eigenvalue weighted by molar-refractivity contribution is -0.385. The van der Waals surface area contributed by atoms with Gasteiger partial charge in [0.25, 0.3) is 17.1 Å². The summed E-state index contributed by atoms with van der Waals surface area (Å²) in [5.74, 6) is 1.88. The lowest BCUT2D eigenvalue weighted by atomic mass is 10.1. The van der Waals surface area contributed by atoms with E-state index in [-0.39, 0.29) is 22.2 Å². The van der Waals surface area contributed by atoms with Crippen molar-refractivity contribution in [2.24, 2.45) is 10.3 Å². The molecule has 3 aromatic carbocycles. The lowest BCUT2D eigenvalue weighted by Gasteiger charge is -1.95. The van der Waals surface area contributed by atoms with Crippen LogP contribution < -0.4 is 0 Å².